The van der Waals surface area contributed by atoms with Crippen LogP contribution in [-0.2, 0) is 0 Å². The molecule has 3 aromatic heterocycles. The lowest BCUT2D eigenvalue weighted by atomic mass is 10.2. The molecule has 0 spiro atoms. The first-order chi connectivity index (χ1) is 19.2. The van der Waals surface area contributed by atoms with Crippen molar-refractivity contribution in [3.8, 4) is 11.5 Å². The van der Waals surface area contributed by atoms with E-state index in [1.165, 1.54) is 30.1 Å². The monoisotopic (exact) mass is 557 g/mol. The molecule has 0 bridgehead atoms. The normalized spacial score (nSPS) is 7.90. The van der Waals surface area contributed by atoms with Gasteiger partial charge in [0, 0.05) is 18.3 Å². The fourth-order valence-corrected chi connectivity index (χ4v) is 1.83. The average molecular weight is 558 g/mol. The summed E-state index contributed by atoms with van der Waals surface area (Å²) in [6, 6.07) is 13.5. The standard InChI is InChI=1S/C7H8O.C6H7NO.2C5H6N2O.4C2H6/c1-6-2-4-7(8)5-3-6;1-5-2-3-6(8)7-4-5;1-4-6-2-5(8)3-7-4;1-4-2-3-5(8)7-6-4;4*1-2/h2-5,8H,1H3;2-4H,1H3,(H,7,8);2-3,8H,1H3;2-3H,1H3,(H,7,8);4*1-2H3. The molecule has 0 unspecified atom stereocenters. The molecule has 0 saturated carbocycles. The summed E-state index contributed by atoms with van der Waals surface area (Å²) in [7, 11) is 0. The molecule has 4 N–H and O–H groups in total. The van der Waals surface area contributed by atoms with Gasteiger partial charge in [0.05, 0.1) is 18.1 Å². The third-order valence-electron chi connectivity index (χ3n) is 3.56. The second-order valence-corrected chi connectivity index (χ2v) is 6.62. The number of nitrogens with one attached hydrogen (secondary N) is 2. The third-order valence-corrected chi connectivity index (χ3v) is 3.56. The number of nitrogens with zero attached hydrogens (tertiary/aromatic N) is 3. The SMILES string of the molecule is CC.CC.CC.CC.Cc1ccc(=O)[nH]c1.Cc1ccc(=O)[nH]n1.Cc1ccc(O)cc1.Cc1ncc(O)cn1. The quantitative estimate of drug-likeness (QED) is 0.181. The predicted octanol–water partition coefficient (Wildman–Crippen LogP) is 7.06. The largest absolute Gasteiger partial charge is 0.508 e. The smallest absolute Gasteiger partial charge is 0.264 e. The van der Waals surface area contributed by atoms with Crippen molar-refractivity contribution in [2.45, 2.75) is 83.1 Å². The summed E-state index contributed by atoms with van der Waals surface area (Å²) in [5.74, 6) is 1.11. The Kier molecular flexibility index (Phi) is 33.1. The summed E-state index contributed by atoms with van der Waals surface area (Å²) in [5, 5.41) is 23.3. The highest BCUT2D eigenvalue weighted by Crippen LogP contribution is 2.07. The minimum Gasteiger partial charge on any atom is -0.508 e. The van der Waals surface area contributed by atoms with Crippen LogP contribution in [0.3, 0.4) is 0 Å². The molecule has 40 heavy (non-hydrogen) atoms. The van der Waals surface area contributed by atoms with Crippen molar-refractivity contribution < 1.29 is 10.2 Å². The number of rotatable bonds is 0. The van der Waals surface area contributed by atoms with Crippen molar-refractivity contribution in [2.75, 3.05) is 0 Å². The van der Waals surface area contributed by atoms with E-state index in [1.54, 1.807) is 37.4 Å². The topological polar surface area (TPSA) is 145 Å². The second kappa shape index (κ2) is 31.0. The van der Waals surface area contributed by atoms with Gasteiger partial charge in [0.1, 0.15) is 11.6 Å². The molecule has 4 aromatic rings. The van der Waals surface area contributed by atoms with E-state index in [2.05, 4.69) is 25.1 Å². The molecule has 4 rings (SSSR count). The maximum absolute atomic E-state index is 10.4. The number of aromatic hydroxyl groups is 2. The molecule has 0 aliphatic rings. The van der Waals surface area contributed by atoms with Crippen LogP contribution >= 0.6 is 0 Å². The molecule has 0 saturated heterocycles. The Labute approximate surface area is 240 Å². The Hall–Kier alpha value is -4.27. The number of hydrogen-bond acceptors (Lipinski definition) is 7. The van der Waals surface area contributed by atoms with E-state index >= 15 is 0 Å². The van der Waals surface area contributed by atoms with Crippen LogP contribution in [0.2, 0.25) is 0 Å². The maximum Gasteiger partial charge on any atom is 0.264 e. The molecule has 0 fully saturated rings. The summed E-state index contributed by atoms with van der Waals surface area (Å²) in [5.41, 5.74) is 2.86. The lowest BCUT2D eigenvalue weighted by molar-refractivity contribution is 0.468. The summed E-state index contributed by atoms with van der Waals surface area (Å²) < 4.78 is 0. The number of H-pyrrole nitrogens is 2. The Morgan fingerprint density at radius 2 is 1.02 bits per heavy atom. The van der Waals surface area contributed by atoms with Gasteiger partial charge in [-0.15, -0.1) is 0 Å². The minimum absolute atomic E-state index is 0.0457. The van der Waals surface area contributed by atoms with Crippen LogP contribution in [0, 0.1) is 27.7 Å². The van der Waals surface area contributed by atoms with Gasteiger partial charge < -0.3 is 15.2 Å². The number of benzene rings is 1. The van der Waals surface area contributed by atoms with E-state index in [0.29, 0.717) is 11.6 Å². The summed E-state index contributed by atoms with van der Waals surface area (Å²) in [6.07, 6.45) is 4.41. The van der Waals surface area contributed by atoms with Crippen LogP contribution in [0.15, 0.2) is 76.7 Å². The Morgan fingerprint density at radius 1 is 0.575 bits per heavy atom. The predicted molar refractivity (Wildman–Crippen MR) is 168 cm³/mol. The Bertz CT molecular complexity index is 996. The van der Waals surface area contributed by atoms with Gasteiger partial charge in [-0.25, -0.2) is 15.1 Å². The van der Waals surface area contributed by atoms with Crippen molar-refractivity contribution in [1.29, 1.82) is 0 Å². The highest BCUT2D eigenvalue weighted by molar-refractivity contribution is 5.24. The molecule has 224 valence electrons. The fourth-order valence-electron chi connectivity index (χ4n) is 1.83. The summed E-state index contributed by atoms with van der Waals surface area (Å²) in [4.78, 5) is 30.6. The number of phenols is 1. The van der Waals surface area contributed by atoms with Crippen LogP contribution in [0.25, 0.3) is 0 Å². The number of aromatic nitrogens is 5. The molecule has 9 heteroatoms. The van der Waals surface area contributed by atoms with Gasteiger partial charge in [0.25, 0.3) is 5.56 Å². The van der Waals surface area contributed by atoms with E-state index in [4.69, 9.17) is 10.2 Å². The van der Waals surface area contributed by atoms with Crippen LogP contribution in [0.4, 0.5) is 0 Å². The van der Waals surface area contributed by atoms with Crippen LogP contribution in [0.1, 0.15) is 78.0 Å². The molecule has 0 amide bonds. The van der Waals surface area contributed by atoms with Gasteiger partial charge in [0.15, 0.2) is 5.75 Å². The first-order valence-corrected chi connectivity index (χ1v) is 13.6. The number of hydrogen-bond donors (Lipinski definition) is 4. The molecule has 0 radical (unpaired) electrons. The number of pyridine rings is 1. The van der Waals surface area contributed by atoms with E-state index < -0.39 is 0 Å². The van der Waals surface area contributed by atoms with Crippen molar-refractivity contribution in [3.63, 3.8) is 0 Å². The highest BCUT2D eigenvalue weighted by Gasteiger charge is 1.85. The Balaban J connectivity index is -0.000000199. The molecular weight excluding hydrogens is 506 g/mol. The molecule has 3 heterocycles. The highest BCUT2D eigenvalue weighted by atomic mass is 16.3. The van der Waals surface area contributed by atoms with Crippen molar-refractivity contribution in [1.82, 2.24) is 25.1 Å². The molecule has 0 aliphatic heterocycles. The number of aromatic amines is 2. The third kappa shape index (κ3) is 28.3. The lowest BCUT2D eigenvalue weighted by Gasteiger charge is -1.89. The van der Waals surface area contributed by atoms with Gasteiger partial charge >= 0.3 is 0 Å². The van der Waals surface area contributed by atoms with Crippen molar-refractivity contribution in [3.05, 3.63) is 110 Å². The number of aryl methyl sites for hydroxylation is 4. The van der Waals surface area contributed by atoms with Crippen molar-refractivity contribution in [2.24, 2.45) is 0 Å². The van der Waals surface area contributed by atoms with Gasteiger partial charge in [0.2, 0.25) is 5.56 Å². The van der Waals surface area contributed by atoms with Crippen LogP contribution in [0.5, 0.6) is 11.5 Å². The zero-order valence-electron chi connectivity index (χ0n) is 26.4. The van der Waals surface area contributed by atoms with Gasteiger partial charge in [-0.05, 0) is 51.5 Å². The van der Waals surface area contributed by atoms with Gasteiger partial charge in [-0.1, -0.05) is 79.2 Å². The van der Waals surface area contributed by atoms with Crippen molar-refractivity contribution >= 4 is 0 Å². The fraction of sp³-hybridized carbons (Fsp3) is 0.387. The van der Waals surface area contributed by atoms with Crippen LogP contribution < -0.4 is 11.1 Å². The van der Waals surface area contributed by atoms with E-state index in [-0.39, 0.29) is 16.9 Å². The second-order valence-electron chi connectivity index (χ2n) is 6.62. The lowest BCUT2D eigenvalue weighted by Crippen LogP contribution is -2.05. The minimum atomic E-state index is -0.157. The molecule has 1 aromatic carbocycles. The molecular formula is C31H51N5O4. The summed E-state index contributed by atoms with van der Waals surface area (Å²) in [6.45, 7) is 23.5. The Morgan fingerprint density at radius 3 is 1.32 bits per heavy atom. The maximum atomic E-state index is 10.4. The molecule has 0 aliphatic carbocycles. The molecule has 0 atom stereocenters. The van der Waals surface area contributed by atoms with Gasteiger partial charge in [-0.3, -0.25) is 9.59 Å². The van der Waals surface area contributed by atoms with Gasteiger partial charge in [-0.2, -0.15) is 5.10 Å². The first-order valence-electron chi connectivity index (χ1n) is 13.6. The zero-order chi connectivity index (χ0) is 31.9. The summed E-state index contributed by atoms with van der Waals surface area (Å²) >= 11 is 0. The van der Waals surface area contributed by atoms with E-state index in [1.807, 2.05) is 88.3 Å². The zero-order valence-corrected chi connectivity index (χ0v) is 26.4. The van der Waals surface area contributed by atoms with Crippen LogP contribution in [-0.4, -0.2) is 35.4 Å². The van der Waals surface area contributed by atoms with E-state index in [0.717, 1.165) is 11.3 Å². The first kappa shape index (κ1) is 42.8. The average Bonchev–Trinajstić information content (AvgIpc) is 3.00. The van der Waals surface area contributed by atoms with E-state index in [9.17, 15) is 9.59 Å². The number of phenolic OH excluding ortho intramolecular Hbond substituents is 1. The molecule has 9 nitrogen and oxygen atoms in total.